The van der Waals surface area contributed by atoms with Crippen LogP contribution in [0.25, 0.3) is 0 Å². The van der Waals surface area contributed by atoms with E-state index >= 15 is 0 Å². The summed E-state index contributed by atoms with van der Waals surface area (Å²) in [6.45, 7) is 1.05. The lowest BCUT2D eigenvalue weighted by Crippen LogP contribution is -2.60. The average molecular weight is 344 g/mol. The summed E-state index contributed by atoms with van der Waals surface area (Å²) in [5.41, 5.74) is -0.267. The molecule has 2 rings (SSSR count). The monoisotopic (exact) mass is 344 g/mol. The number of carbonyl (C=O) groups is 1. The summed E-state index contributed by atoms with van der Waals surface area (Å²) in [6.07, 6.45) is -7.42. The molecule has 24 heavy (non-hydrogen) atoms. The Kier molecular flexibility index (Phi) is 5.97. The molecule has 1 aromatic rings. The van der Waals surface area contributed by atoms with E-state index in [1.54, 1.807) is 6.92 Å². The van der Waals surface area contributed by atoms with Gasteiger partial charge in [-0.25, -0.2) is 4.79 Å². The van der Waals surface area contributed by atoms with Crippen molar-refractivity contribution >= 4 is 5.97 Å². The third-order valence-electron chi connectivity index (χ3n) is 3.58. The highest BCUT2D eigenvalue weighted by Gasteiger charge is 2.45. The van der Waals surface area contributed by atoms with Crippen LogP contribution in [0.15, 0.2) is 18.2 Å². The van der Waals surface area contributed by atoms with E-state index in [0.717, 1.165) is 0 Å². The molecule has 0 aliphatic carbocycles. The summed E-state index contributed by atoms with van der Waals surface area (Å²) in [5.74, 6) is -1.37. The zero-order valence-corrected chi connectivity index (χ0v) is 12.9. The molecule has 0 unspecified atom stereocenters. The first-order chi connectivity index (χ1) is 11.4. The van der Waals surface area contributed by atoms with Gasteiger partial charge in [-0.15, -0.1) is 0 Å². The van der Waals surface area contributed by atoms with Crippen molar-refractivity contribution in [1.82, 2.24) is 0 Å². The normalized spacial score (nSPS) is 30.0. The Hall–Kier alpha value is -1.91. The molecule has 0 aromatic heterocycles. The van der Waals surface area contributed by atoms with E-state index in [1.165, 1.54) is 18.2 Å². The molecule has 5 atom stereocenters. The molecule has 1 fully saturated rings. The van der Waals surface area contributed by atoms with Gasteiger partial charge >= 0.3 is 5.97 Å². The van der Waals surface area contributed by atoms with Gasteiger partial charge in [-0.05, 0) is 19.1 Å². The quantitative estimate of drug-likeness (QED) is 0.413. The second-order valence-corrected chi connectivity index (χ2v) is 5.19. The molecule has 0 bridgehead atoms. The van der Waals surface area contributed by atoms with Crippen molar-refractivity contribution in [2.45, 2.75) is 37.6 Å². The third kappa shape index (κ3) is 3.60. The summed E-state index contributed by atoms with van der Waals surface area (Å²) >= 11 is 0. The highest BCUT2D eigenvalue weighted by atomic mass is 16.7. The number of benzene rings is 1. The molecule has 1 aromatic carbocycles. The van der Waals surface area contributed by atoms with Gasteiger partial charge in [0.15, 0.2) is 0 Å². The SMILES string of the molecule is CCOC(=O)c1c(O)cccc1O[C@@H]1O[C@H](CO)[C@@H](O)[C@H](O)[C@H]1O. The largest absolute Gasteiger partial charge is 0.507 e. The molecule has 1 aliphatic heterocycles. The maximum absolute atomic E-state index is 12.0. The Morgan fingerprint density at radius 2 is 1.92 bits per heavy atom. The van der Waals surface area contributed by atoms with Crippen LogP contribution in [0.2, 0.25) is 0 Å². The number of hydrogen-bond donors (Lipinski definition) is 5. The molecule has 1 saturated heterocycles. The van der Waals surface area contributed by atoms with E-state index in [0.29, 0.717) is 0 Å². The minimum absolute atomic E-state index is 0.0760. The van der Waals surface area contributed by atoms with E-state index in [9.17, 15) is 25.2 Å². The number of carbonyl (C=O) groups excluding carboxylic acids is 1. The van der Waals surface area contributed by atoms with Gasteiger partial charge in [0.25, 0.3) is 0 Å². The topological polar surface area (TPSA) is 146 Å². The fourth-order valence-electron chi connectivity index (χ4n) is 2.32. The highest BCUT2D eigenvalue weighted by molar-refractivity contribution is 5.95. The second-order valence-electron chi connectivity index (χ2n) is 5.19. The van der Waals surface area contributed by atoms with Crippen molar-refractivity contribution in [2.75, 3.05) is 13.2 Å². The fourth-order valence-corrected chi connectivity index (χ4v) is 2.32. The maximum atomic E-state index is 12.0. The van der Waals surface area contributed by atoms with Crippen LogP contribution in [0, 0.1) is 0 Å². The lowest BCUT2D eigenvalue weighted by Gasteiger charge is -2.39. The Morgan fingerprint density at radius 3 is 2.54 bits per heavy atom. The Bertz CT molecular complexity index is 574. The Labute approximate surface area is 137 Å². The first kappa shape index (κ1) is 18.4. The minimum Gasteiger partial charge on any atom is -0.507 e. The van der Waals surface area contributed by atoms with Gasteiger partial charge in [0.1, 0.15) is 41.5 Å². The van der Waals surface area contributed by atoms with Crippen molar-refractivity contribution in [3.63, 3.8) is 0 Å². The number of hydrogen-bond acceptors (Lipinski definition) is 9. The molecule has 134 valence electrons. The van der Waals surface area contributed by atoms with Crippen molar-refractivity contribution < 1.29 is 44.5 Å². The molecule has 0 amide bonds. The molecule has 1 aliphatic rings. The lowest BCUT2D eigenvalue weighted by atomic mass is 9.99. The zero-order valence-electron chi connectivity index (χ0n) is 12.9. The van der Waals surface area contributed by atoms with Gasteiger partial charge in [0.2, 0.25) is 6.29 Å². The number of aliphatic hydroxyl groups is 4. The number of esters is 1. The molecule has 0 saturated carbocycles. The van der Waals surface area contributed by atoms with Gasteiger partial charge in [-0.2, -0.15) is 0 Å². The number of phenols is 1. The molecule has 5 N–H and O–H groups in total. The number of ether oxygens (including phenoxy) is 3. The predicted molar refractivity (Wildman–Crippen MR) is 78.5 cm³/mol. The molecule has 9 heteroatoms. The Balaban J connectivity index is 2.27. The summed E-state index contributed by atoms with van der Waals surface area (Å²) in [7, 11) is 0. The van der Waals surface area contributed by atoms with Crippen molar-refractivity contribution in [2.24, 2.45) is 0 Å². The van der Waals surface area contributed by atoms with E-state index < -0.39 is 49.0 Å². The first-order valence-corrected chi connectivity index (χ1v) is 7.37. The number of aliphatic hydroxyl groups excluding tert-OH is 4. The van der Waals surface area contributed by atoms with Gasteiger partial charge in [-0.3, -0.25) is 0 Å². The van der Waals surface area contributed by atoms with Crippen LogP contribution in [0.4, 0.5) is 0 Å². The number of phenolic OH excluding ortho intramolecular Hbond substituents is 1. The molecule has 1 heterocycles. The van der Waals surface area contributed by atoms with Gasteiger partial charge in [-0.1, -0.05) is 6.07 Å². The smallest absolute Gasteiger partial charge is 0.345 e. The molecule has 0 spiro atoms. The minimum atomic E-state index is -1.64. The first-order valence-electron chi connectivity index (χ1n) is 7.37. The van der Waals surface area contributed by atoms with Gasteiger partial charge in [0.05, 0.1) is 13.2 Å². The van der Waals surface area contributed by atoms with Crippen LogP contribution in [0.3, 0.4) is 0 Å². The Morgan fingerprint density at radius 1 is 1.21 bits per heavy atom. The van der Waals surface area contributed by atoms with Crippen molar-refractivity contribution in [3.05, 3.63) is 23.8 Å². The standard InChI is InChI=1S/C15H20O9/c1-2-22-14(21)10-7(17)4-3-5-8(10)23-15-13(20)12(19)11(18)9(6-16)24-15/h3-5,9,11-13,15-20H,2,6H2,1H3/t9-,11-,12+,13-,15-/m1/s1. The average Bonchev–Trinajstić information content (AvgIpc) is 2.55. The number of rotatable bonds is 5. The van der Waals surface area contributed by atoms with Crippen LogP contribution in [0.1, 0.15) is 17.3 Å². The molecular weight excluding hydrogens is 324 g/mol. The van der Waals surface area contributed by atoms with Crippen molar-refractivity contribution in [1.29, 1.82) is 0 Å². The van der Waals surface area contributed by atoms with Crippen molar-refractivity contribution in [3.8, 4) is 11.5 Å². The third-order valence-corrected chi connectivity index (χ3v) is 3.58. The van der Waals surface area contributed by atoms with Crippen LogP contribution in [-0.2, 0) is 9.47 Å². The summed E-state index contributed by atoms with van der Waals surface area (Å²) < 4.78 is 15.4. The molecular formula is C15H20O9. The second kappa shape index (κ2) is 7.77. The van der Waals surface area contributed by atoms with E-state index in [2.05, 4.69) is 0 Å². The van der Waals surface area contributed by atoms with E-state index in [4.69, 9.17) is 19.3 Å². The zero-order chi connectivity index (χ0) is 17.9. The fraction of sp³-hybridized carbons (Fsp3) is 0.533. The van der Waals surface area contributed by atoms with Crippen LogP contribution < -0.4 is 4.74 Å². The van der Waals surface area contributed by atoms with Gasteiger partial charge < -0.3 is 39.7 Å². The lowest BCUT2D eigenvalue weighted by molar-refractivity contribution is -0.277. The number of aromatic hydroxyl groups is 1. The highest BCUT2D eigenvalue weighted by Crippen LogP contribution is 2.31. The summed E-state index contributed by atoms with van der Waals surface area (Å²) in [4.78, 5) is 12.0. The maximum Gasteiger partial charge on any atom is 0.345 e. The molecule has 9 nitrogen and oxygen atoms in total. The van der Waals surface area contributed by atoms with Crippen LogP contribution in [0.5, 0.6) is 11.5 Å². The van der Waals surface area contributed by atoms with Crippen LogP contribution in [-0.4, -0.2) is 75.4 Å². The van der Waals surface area contributed by atoms with E-state index in [-0.39, 0.29) is 17.9 Å². The molecule has 0 radical (unpaired) electrons. The van der Waals surface area contributed by atoms with Gasteiger partial charge in [0, 0.05) is 0 Å². The predicted octanol–water partition coefficient (Wildman–Crippen LogP) is -1.25. The van der Waals surface area contributed by atoms with E-state index in [1.807, 2.05) is 0 Å². The summed E-state index contributed by atoms with van der Waals surface area (Å²) in [6, 6.07) is 4.00. The summed E-state index contributed by atoms with van der Waals surface area (Å²) in [5, 5.41) is 48.5. The van der Waals surface area contributed by atoms with Crippen LogP contribution >= 0.6 is 0 Å².